The molecule has 0 unspecified atom stereocenters. The van der Waals surface area contributed by atoms with E-state index in [0.29, 0.717) is 5.82 Å². The Bertz CT molecular complexity index is 483. The quantitative estimate of drug-likeness (QED) is 0.752. The fraction of sp³-hybridized carbons (Fsp3) is 0.300. The van der Waals surface area contributed by atoms with Crippen molar-refractivity contribution in [2.24, 2.45) is 7.05 Å². The van der Waals surface area contributed by atoms with E-state index in [0.717, 1.165) is 22.6 Å². The molecule has 5 nitrogen and oxygen atoms in total. The monoisotopic (exact) mass is 203 g/mol. The highest BCUT2D eigenvalue weighted by Gasteiger charge is 2.12. The maximum Gasteiger partial charge on any atom is 0.124 e. The van der Waals surface area contributed by atoms with E-state index in [9.17, 15) is 0 Å². The van der Waals surface area contributed by atoms with E-state index in [2.05, 4.69) is 15.1 Å². The van der Waals surface area contributed by atoms with Crippen LogP contribution in [0, 0.1) is 13.8 Å². The standard InChI is InChI=1S/C10H13N5/c1-6-4-13-8(5-12-6)9-7(2)10(11)15(3)14-9/h4-5H,11H2,1-3H3. The molecule has 78 valence electrons. The molecule has 2 rings (SSSR count). The first kappa shape index (κ1) is 9.64. The van der Waals surface area contributed by atoms with Crippen LogP contribution in [-0.4, -0.2) is 19.7 Å². The van der Waals surface area contributed by atoms with Gasteiger partial charge >= 0.3 is 0 Å². The Morgan fingerprint density at radius 2 is 1.93 bits per heavy atom. The molecule has 0 aliphatic rings. The molecule has 0 saturated carbocycles. The number of anilines is 1. The molecule has 2 aromatic heterocycles. The van der Waals surface area contributed by atoms with Crippen molar-refractivity contribution in [3.63, 3.8) is 0 Å². The Hall–Kier alpha value is -1.91. The van der Waals surface area contributed by atoms with Crippen LogP contribution >= 0.6 is 0 Å². The number of nitrogens with two attached hydrogens (primary N) is 1. The summed E-state index contributed by atoms with van der Waals surface area (Å²) in [5, 5.41) is 4.30. The van der Waals surface area contributed by atoms with Crippen LogP contribution in [0.25, 0.3) is 11.4 Å². The Kier molecular flexibility index (Phi) is 2.15. The molecule has 0 saturated heterocycles. The van der Waals surface area contributed by atoms with Gasteiger partial charge in [0.25, 0.3) is 0 Å². The number of hydrogen-bond acceptors (Lipinski definition) is 4. The van der Waals surface area contributed by atoms with Gasteiger partial charge < -0.3 is 5.73 Å². The summed E-state index contributed by atoms with van der Waals surface area (Å²) >= 11 is 0. The average Bonchev–Trinajstić information content (AvgIpc) is 2.47. The zero-order valence-corrected chi connectivity index (χ0v) is 9.02. The molecule has 0 aromatic carbocycles. The maximum atomic E-state index is 5.82. The van der Waals surface area contributed by atoms with E-state index >= 15 is 0 Å². The molecule has 0 radical (unpaired) electrons. The van der Waals surface area contributed by atoms with Crippen molar-refractivity contribution in [2.45, 2.75) is 13.8 Å². The molecule has 2 N–H and O–H groups in total. The molecule has 5 heteroatoms. The zero-order valence-electron chi connectivity index (χ0n) is 9.02. The summed E-state index contributed by atoms with van der Waals surface area (Å²) in [4.78, 5) is 8.45. The van der Waals surface area contributed by atoms with E-state index in [1.165, 1.54) is 0 Å². The number of aromatic nitrogens is 4. The summed E-state index contributed by atoms with van der Waals surface area (Å²) in [7, 11) is 1.81. The van der Waals surface area contributed by atoms with Gasteiger partial charge in [0.05, 0.1) is 11.9 Å². The summed E-state index contributed by atoms with van der Waals surface area (Å²) < 4.78 is 1.65. The second-order valence-corrected chi connectivity index (χ2v) is 3.53. The van der Waals surface area contributed by atoms with Gasteiger partial charge in [0.1, 0.15) is 17.2 Å². The van der Waals surface area contributed by atoms with Gasteiger partial charge in [0, 0.05) is 18.8 Å². The van der Waals surface area contributed by atoms with Crippen LogP contribution in [0.4, 0.5) is 5.82 Å². The van der Waals surface area contributed by atoms with E-state index in [1.807, 2.05) is 20.9 Å². The highest BCUT2D eigenvalue weighted by Crippen LogP contribution is 2.23. The molecule has 0 spiro atoms. The highest BCUT2D eigenvalue weighted by atomic mass is 15.3. The molecule has 2 aromatic rings. The van der Waals surface area contributed by atoms with Gasteiger partial charge in [-0.05, 0) is 13.8 Å². The Labute approximate surface area is 88.0 Å². The second kappa shape index (κ2) is 3.34. The molecule has 2 heterocycles. The molecule has 0 amide bonds. The number of hydrogen-bond donors (Lipinski definition) is 1. The second-order valence-electron chi connectivity index (χ2n) is 3.53. The molecule has 0 fully saturated rings. The van der Waals surface area contributed by atoms with Gasteiger partial charge in [-0.1, -0.05) is 0 Å². The van der Waals surface area contributed by atoms with Crippen LogP contribution in [0.2, 0.25) is 0 Å². The molecular formula is C10H13N5. The van der Waals surface area contributed by atoms with Gasteiger partial charge in [-0.25, -0.2) is 0 Å². The van der Waals surface area contributed by atoms with E-state index in [-0.39, 0.29) is 0 Å². The Balaban J connectivity index is 2.54. The minimum Gasteiger partial charge on any atom is -0.384 e. The number of rotatable bonds is 1. The lowest BCUT2D eigenvalue weighted by atomic mass is 10.2. The van der Waals surface area contributed by atoms with Crippen LogP contribution in [0.3, 0.4) is 0 Å². The SMILES string of the molecule is Cc1cnc(-c2nn(C)c(N)c2C)cn1. The molecular weight excluding hydrogens is 190 g/mol. The number of nitrogen functional groups attached to an aromatic ring is 1. The van der Waals surface area contributed by atoms with Crippen molar-refractivity contribution < 1.29 is 0 Å². The average molecular weight is 203 g/mol. The lowest BCUT2D eigenvalue weighted by molar-refractivity contribution is 0.780. The number of nitrogens with zero attached hydrogens (tertiary/aromatic N) is 4. The predicted molar refractivity (Wildman–Crippen MR) is 58.1 cm³/mol. The van der Waals surface area contributed by atoms with Crippen LogP contribution in [0.5, 0.6) is 0 Å². The predicted octanol–water partition coefficient (Wildman–Crippen LogP) is 1.08. The van der Waals surface area contributed by atoms with Crippen molar-refractivity contribution >= 4 is 5.82 Å². The summed E-state index contributed by atoms with van der Waals surface area (Å²) in [6, 6.07) is 0. The third-order valence-corrected chi connectivity index (χ3v) is 2.36. The summed E-state index contributed by atoms with van der Waals surface area (Å²) in [5.74, 6) is 0.660. The van der Waals surface area contributed by atoms with Crippen molar-refractivity contribution in [3.05, 3.63) is 23.7 Å². The third-order valence-electron chi connectivity index (χ3n) is 2.36. The topological polar surface area (TPSA) is 69.6 Å². The third kappa shape index (κ3) is 1.56. The lowest BCUT2D eigenvalue weighted by Gasteiger charge is -1.97. The molecule has 0 bridgehead atoms. The lowest BCUT2D eigenvalue weighted by Crippen LogP contribution is -1.97. The fourth-order valence-corrected chi connectivity index (χ4v) is 1.40. The minimum absolute atomic E-state index is 0.660. The first-order valence-corrected chi connectivity index (χ1v) is 4.67. The van der Waals surface area contributed by atoms with Gasteiger partial charge in [-0.15, -0.1) is 0 Å². The highest BCUT2D eigenvalue weighted by molar-refractivity contribution is 5.63. The Morgan fingerprint density at radius 3 is 2.40 bits per heavy atom. The zero-order chi connectivity index (χ0) is 11.0. The van der Waals surface area contributed by atoms with Crippen LogP contribution in [0.15, 0.2) is 12.4 Å². The van der Waals surface area contributed by atoms with Gasteiger partial charge in [-0.3, -0.25) is 14.6 Å². The van der Waals surface area contributed by atoms with E-state index in [4.69, 9.17) is 5.73 Å². The minimum atomic E-state index is 0.660. The fourth-order valence-electron chi connectivity index (χ4n) is 1.40. The molecule has 0 aliphatic heterocycles. The van der Waals surface area contributed by atoms with Crippen LogP contribution in [0.1, 0.15) is 11.3 Å². The van der Waals surface area contributed by atoms with Gasteiger partial charge in [0.2, 0.25) is 0 Å². The summed E-state index contributed by atoms with van der Waals surface area (Å²) in [6.07, 6.45) is 3.43. The van der Waals surface area contributed by atoms with E-state index in [1.54, 1.807) is 17.1 Å². The van der Waals surface area contributed by atoms with Crippen LogP contribution in [-0.2, 0) is 7.05 Å². The molecule has 0 atom stereocenters. The van der Waals surface area contributed by atoms with Crippen molar-refractivity contribution in [3.8, 4) is 11.4 Å². The first-order valence-electron chi connectivity index (χ1n) is 4.67. The van der Waals surface area contributed by atoms with Gasteiger partial charge in [0.15, 0.2) is 0 Å². The van der Waals surface area contributed by atoms with Gasteiger partial charge in [-0.2, -0.15) is 5.10 Å². The number of aryl methyl sites for hydroxylation is 2. The van der Waals surface area contributed by atoms with Crippen molar-refractivity contribution in [2.75, 3.05) is 5.73 Å². The van der Waals surface area contributed by atoms with E-state index < -0.39 is 0 Å². The Morgan fingerprint density at radius 1 is 1.20 bits per heavy atom. The first-order chi connectivity index (χ1) is 7.09. The molecule has 0 aliphatic carbocycles. The summed E-state index contributed by atoms with van der Waals surface area (Å²) in [5.41, 5.74) is 9.20. The van der Waals surface area contributed by atoms with Crippen molar-refractivity contribution in [1.82, 2.24) is 19.7 Å². The summed E-state index contributed by atoms with van der Waals surface area (Å²) in [6.45, 7) is 3.83. The van der Waals surface area contributed by atoms with Crippen molar-refractivity contribution in [1.29, 1.82) is 0 Å². The maximum absolute atomic E-state index is 5.82. The van der Waals surface area contributed by atoms with Crippen LogP contribution < -0.4 is 5.73 Å². The smallest absolute Gasteiger partial charge is 0.124 e. The largest absolute Gasteiger partial charge is 0.384 e. The normalized spacial score (nSPS) is 10.6. The molecule has 15 heavy (non-hydrogen) atoms.